The van der Waals surface area contributed by atoms with E-state index in [4.69, 9.17) is 0 Å². The average Bonchev–Trinajstić information content (AvgIpc) is 3.13. The number of benzene rings is 1. The van der Waals surface area contributed by atoms with Crippen LogP contribution in [0.3, 0.4) is 0 Å². The molecule has 4 heterocycles. The Morgan fingerprint density at radius 3 is 2.68 bits per heavy atom. The molecule has 3 aromatic heterocycles. The highest BCUT2D eigenvalue weighted by molar-refractivity contribution is 5.77. The number of rotatable bonds is 6. The Balaban J connectivity index is 1.64. The molecule has 0 spiro atoms. The molecule has 0 saturated carbocycles. The molecule has 0 fully saturated rings. The number of halogens is 4. The molecule has 1 aromatic carbocycles. The fourth-order valence-electron chi connectivity index (χ4n) is 4.30. The predicted molar refractivity (Wildman–Crippen MR) is 131 cm³/mol. The summed E-state index contributed by atoms with van der Waals surface area (Å²) in [4.78, 5) is 26.0. The third kappa shape index (κ3) is 4.93. The smallest absolute Gasteiger partial charge is 0.324 e. The molecule has 0 atom stereocenters. The molecule has 0 aliphatic carbocycles. The zero-order chi connectivity index (χ0) is 26.4. The number of pyridine rings is 1. The fraction of sp³-hybridized carbons (Fsp3) is 0.360. The monoisotopic (exact) mass is 515 g/mol. The number of alkyl halides is 4. The number of nitrogens with zero attached hydrogens (tertiary/aromatic N) is 5. The van der Waals surface area contributed by atoms with Gasteiger partial charge < -0.3 is 10.6 Å². The molecule has 0 bridgehead atoms. The Morgan fingerprint density at radius 1 is 1.11 bits per heavy atom. The lowest BCUT2D eigenvalue weighted by Crippen LogP contribution is -2.31. The molecule has 194 valence electrons. The van der Waals surface area contributed by atoms with E-state index >= 15 is 0 Å². The Hall–Kier alpha value is -3.80. The minimum Gasteiger partial charge on any atom is -0.324 e. The molecule has 37 heavy (non-hydrogen) atoms. The van der Waals surface area contributed by atoms with Crippen molar-refractivity contribution in [2.45, 2.75) is 44.9 Å². The molecule has 0 saturated heterocycles. The topological polar surface area (TPSA) is 89.7 Å². The minimum absolute atomic E-state index is 0.0151. The molecular formula is C25H25F4N7O. The van der Waals surface area contributed by atoms with Crippen molar-refractivity contribution in [3.8, 4) is 5.82 Å². The van der Waals surface area contributed by atoms with Gasteiger partial charge in [0.1, 0.15) is 18.6 Å². The number of hydrogen-bond donors (Lipinski definition) is 2. The van der Waals surface area contributed by atoms with Gasteiger partial charge in [-0.05, 0) is 48.4 Å². The lowest BCUT2D eigenvalue weighted by atomic mass is 9.90. The van der Waals surface area contributed by atoms with Crippen LogP contribution in [0.15, 0.2) is 47.4 Å². The second-order valence-electron chi connectivity index (χ2n) is 9.65. The SMILES string of the molecule is CC(C)(CF)c1cccc(-n2c3nc(Nc4ccc5c(c4)CCNC5)ncc3c(=O)n2CC(F)(F)F)n1. The van der Waals surface area contributed by atoms with Crippen LogP contribution in [0, 0.1) is 0 Å². The normalized spacial score (nSPS) is 14.1. The lowest BCUT2D eigenvalue weighted by Gasteiger charge is -2.21. The van der Waals surface area contributed by atoms with Crippen molar-refractivity contribution in [2.75, 3.05) is 18.5 Å². The van der Waals surface area contributed by atoms with Gasteiger partial charge in [0.05, 0.1) is 5.69 Å². The molecule has 0 unspecified atom stereocenters. The van der Waals surface area contributed by atoms with E-state index in [1.807, 2.05) is 18.2 Å². The van der Waals surface area contributed by atoms with Gasteiger partial charge in [-0.15, -0.1) is 0 Å². The van der Waals surface area contributed by atoms with Gasteiger partial charge in [-0.25, -0.2) is 19.3 Å². The standard InChI is InChI=1S/C25H25F4N7O/c1-24(2,13-26)19-4-3-5-20(33-19)36-21-18(22(37)35(36)14-25(27,28)29)12-31-23(34-21)32-17-7-6-16-11-30-9-8-15(16)10-17/h3-7,10,12,30H,8-9,11,13-14H2,1-2H3,(H,31,32,34). The van der Waals surface area contributed by atoms with Crippen molar-refractivity contribution in [1.82, 2.24) is 29.6 Å². The largest absolute Gasteiger partial charge is 0.408 e. The first-order chi connectivity index (χ1) is 17.6. The number of nitrogens with one attached hydrogen (secondary N) is 2. The zero-order valence-corrected chi connectivity index (χ0v) is 20.2. The van der Waals surface area contributed by atoms with Crippen molar-refractivity contribution in [2.24, 2.45) is 0 Å². The number of fused-ring (bicyclic) bond motifs is 2. The van der Waals surface area contributed by atoms with Crippen LogP contribution in [0.2, 0.25) is 0 Å². The number of aromatic nitrogens is 5. The van der Waals surface area contributed by atoms with E-state index in [1.165, 1.54) is 23.4 Å². The summed E-state index contributed by atoms with van der Waals surface area (Å²) in [5, 5.41) is 6.30. The maximum Gasteiger partial charge on any atom is 0.408 e. The summed E-state index contributed by atoms with van der Waals surface area (Å²) < 4.78 is 55.6. The minimum atomic E-state index is -4.68. The maximum atomic E-state index is 13.6. The molecule has 1 aliphatic rings. The van der Waals surface area contributed by atoms with Gasteiger partial charge in [0.15, 0.2) is 11.5 Å². The van der Waals surface area contributed by atoms with E-state index in [2.05, 4.69) is 25.6 Å². The van der Waals surface area contributed by atoms with E-state index in [0.29, 0.717) is 16.1 Å². The highest BCUT2D eigenvalue weighted by atomic mass is 19.4. The van der Waals surface area contributed by atoms with Gasteiger partial charge in [0.25, 0.3) is 5.56 Å². The molecular weight excluding hydrogens is 490 g/mol. The first-order valence-electron chi connectivity index (χ1n) is 11.7. The van der Waals surface area contributed by atoms with Crippen LogP contribution in [-0.2, 0) is 24.9 Å². The molecule has 0 radical (unpaired) electrons. The Kier molecular flexibility index (Phi) is 6.22. The van der Waals surface area contributed by atoms with Crippen molar-refractivity contribution in [3.63, 3.8) is 0 Å². The summed E-state index contributed by atoms with van der Waals surface area (Å²) in [6.45, 7) is 2.63. The van der Waals surface area contributed by atoms with Crippen molar-refractivity contribution in [3.05, 3.63) is 69.8 Å². The molecule has 4 aromatic rings. The molecule has 5 rings (SSSR count). The van der Waals surface area contributed by atoms with Crippen LogP contribution in [0.4, 0.5) is 29.2 Å². The summed E-state index contributed by atoms with van der Waals surface area (Å²) in [5.41, 5.74) is 1.49. The van der Waals surface area contributed by atoms with Gasteiger partial charge >= 0.3 is 6.18 Å². The predicted octanol–water partition coefficient (Wildman–Crippen LogP) is 4.18. The molecule has 12 heteroatoms. The van der Waals surface area contributed by atoms with Crippen molar-refractivity contribution >= 4 is 22.7 Å². The first-order valence-corrected chi connectivity index (χ1v) is 11.7. The van der Waals surface area contributed by atoms with Crippen LogP contribution in [-0.4, -0.2) is 43.7 Å². The Bertz CT molecular complexity index is 1520. The van der Waals surface area contributed by atoms with E-state index in [0.717, 1.165) is 24.2 Å². The lowest BCUT2D eigenvalue weighted by molar-refractivity contribution is -0.144. The van der Waals surface area contributed by atoms with Crippen LogP contribution in [0.1, 0.15) is 30.7 Å². The molecule has 8 nitrogen and oxygen atoms in total. The van der Waals surface area contributed by atoms with Crippen LogP contribution in [0.5, 0.6) is 0 Å². The second-order valence-corrected chi connectivity index (χ2v) is 9.65. The third-order valence-electron chi connectivity index (χ3n) is 6.33. The quantitative estimate of drug-likeness (QED) is 0.375. The van der Waals surface area contributed by atoms with Crippen LogP contribution >= 0.6 is 0 Å². The van der Waals surface area contributed by atoms with Crippen LogP contribution < -0.4 is 16.2 Å². The first kappa shape index (κ1) is 24.9. The van der Waals surface area contributed by atoms with E-state index in [9.17, 15) is 22.4 Å². The third-order valence-corrected chi connectivity index (χ3v) is 6.33. The Labute approximate surface area is 209 Å². The summed E-state index contributed by atoms with van der Waals surface area (Å²) >= 11 is 0. The van der Waals surface area contributed by atoms with Crippen molar-refractivity contribution < 1.29 is 17.6 Å². The summed E-state index contributed by atoms with van der Waals surface area (Å²) in [5.74, 6) is 0.126. The van der Waals surface area contributed by atoms with Gasteiger partial charge in [0, 0.05) is 23.8 Å². The van der Waals surface area contributed by atoms with Gasteiger partial charge in [0.2, 0.25) is 5.95 Å². The van der Waals surface area contributed by atoms with E-state index < -0.39 is 30.4 Å². The number of hydrogen-bond acceptors (Lipinski definition) is 6. The summed E-state index contributed by atoms with van der Waals surface area (Å²) in [6, 6.07) is 10.4. The summed E-state index contributed by atoms with van der Waals surface area (Å²) in [6.07, 6.45) is -2.62. The fourth-order valence-corrected chi connectivity index (χ4v) is 4.30. The number of anilines is 2. The molecule has 1 aliphatic heterocycles. The average molecular weight is 516 g/mol. The Morgan fingerprint density at radius 2 is 1.92 bits per heavy atom. The van der Waals surface area contributed by atoms with Gasteiger partial charge in [-0.2, -0.15) is 18.2 Å². The highest BCUT2D eigenvalue weighted by Crippen LogP contribution is 2.26. The zero-order valence-electron chi connectivity index (χ0n) is 20.2. The van der Waals surface area contributed by atoms with Gasteiger partial charge in [-0.3, -0.25) is 9.18 Å². The molecule has 0 amide bonds. The molecule has 2 N–H and O–H groups in total. The van der Waals surface area contributed by atoms with Crippen molar-refractivity contribution in [1.29, 1.82) is 0 Å². The maximum absolute atomic E-state index is 13.6. The highest BCUT2D eigenvalue weighted by Gasteiger charge is 2.32. The summed E-state index contributed by atoms with van der Waals surface area (Å²) in [7, 11) is 0. The van der Waals surface area contributed by atoms with E-state index in [1.54, 1.807) is 26.0 Å². The van der Waals surface area contributed by atoms with E-state index in [-0.39, 0.29) is 22.8 Å². The van der Waals surface area contributed by atoms with Crippen LogP contribution in [0.25, 0.3) is 16.9 Å². The van der Waals surface area contributed by atoms with Gasteiger partial charge in [-0.1, -0.05) is 26.0 Å². The second kappa shape index (κ2) is 9.25.